The number of rotatable bonds is 6. The molecule has 1 aliphatic rings. The minimum atomic E-state index is -4.87. The lowest BCUT2D eigenvalue weighted by atomic mass is 9.90. The number of hydrogen-bond donors (Lipinski definition) is 4. The molecule has 1 aromatic heterocycles. The summed E-state index contributed by atoms with van der Waals surface area (Å²) in [6.07, 6.45) is -3.30. The molecule has 1 amide bonds. The third-order valence-electron chi connectivity index (χ3n) is 4.82. The predicted molar refractivity (Wildman–Crippen MR) is 106 cm³/mol. The smallest absolute Gasteiger partial charge is 0.465 e. The van der Waals surface area contributed by atoms with Gasteiger partial charge in [0.1, 0.15) is 11.8 Å². The fourth-order valence-corrected chi connectivity index (χ4v) is 3.49. The van der Waals surface area contributed by atoms with E-state index in [9.17, 15) is 27.6 Å². The summed E-state index contributed by atoms with van der Waals surface area (Å²) in [5, 5.41) is 26.3. The van der Waals surface area contributed by atoms with E-state index in [0.29, 0.717) is 12.8 Å². The second-order valence-electron chi connectivity index (χ2n) is 7.12. The first-order valence-electron chi connectivity index (χ1n) is 9.64. The number of carbonyl (C=O) groups is 1. The molecule has 8 nitrogen and oxygen atoms in total. The maximum Gasteiger partial charge on any atom is 0.573 e. The van der Waals surface area contributed by atoms with E-state index in [2.05, 4.69) is 25.7 Å². The molecule has 1 fully saturated rings. The van der Waals surface area contributed by atoms with Crippen LogP contribution >= 0.6 is 0 Å². The van der Waals surface area contributed by atoms with E-state index >= 15 is 0 Å². The fourth-order valence-electron chi connectivity index (χ4n) is 3.49. The highest BCUT2D eigenvalue weighted by molar-refractivity contribution is 5.67. The van der Waals surface area contributed by atoms with Crippen molar-refractivity contribution in [3.63, 3.8) is 0 Å². The van der Waals surface area contributed by atoms with E-state index in [0.717, 1.165) is 31.0 Å². The number of pyridine rings is 1. The fraction of sp³-hybridized carbons (Fsp3) is 0.350. The summed E-state index contributed by atoms with van der Waals surface area (Å²) in [6.45, 7) is 0. The summed E-state index contributed by atoms with van der Waals surface area (Å²) in [7, 11) is 0. The molecule has 0 aliphatic heterocycles. The van der Waals surface area contributed by atoms with E-state index in [-0.39, 0.29) is 22.9 Å². The van der Waals surface area contributed by atoms with Crippen LogP contribution in [0.1, 0.15) is 31.2 Å². The third kappa shape index (κ3) is 6.13. The molecule has 0 spiro atoms. The number of amides is 1. The van der Waals surface area contributed by atoms with Gasteiger partial charge in [-0.15, -0.1) is 13.2 Å². The van der Waals surface area contributed by atoms with Crippen LogP contribution in [-0.2, 0) is 0 Å². The van der Waals surface area contributed by atoms with Gasteiger partial charge in [-0.2, -0.15) is 5.26 Å². The number of benzene rings is 1. The van der Waals surface area contributed by atoms with Crippen LogP contribution in [0.5, 0.6) is 5.75 Å². The summed E-state index contributed by atoms with van der Waals surface area (Å²) >= 11 is 0. The van der Waals surface area contributed by atoms with Crippen molar-refractivity contribution >= 4 is 23.4 Å². The molecule has 1 aliphatic carbocycles. The molecule has 2 atom stereocenters. The normalized spacial score (nSPS) is 18.3. The Balaban J connectivity index is 1.85. The molecule has 0 saturated heterocycles. The standard InChI is InChI=1S/C20H19F4N5O3/c21-14-8-11(10-25)17(26-12-4-3-5-13(9-12)32-20(22,23)24)29-18(14)27-15-6-1-2-7-16(15)28-19(30)31/h3-5,8-9,15-16,28H,1-2,6-7H2,(H,30,31)(H2,26,27,29)/t15-,16+/m1/s1. The first-order chi connectivity index (χ1) is 15.1. The topological polar surface area (TPSA) is 119 Å². The number of nitrogens with zero attached hydrogens (tertiary/aromatic N) is 2. The van der Waals surface area contributed by atoms with Gasteiger partial charge in [0, 0.05) is 17.8 Å². The molecule has 12 heteroatoms. The average Bonchev–Trinajstić information content (AvgIpc) is 2.70. The number of nitriles is 1. The van der Waals surface area contributed by atoms with Crippen LogP contribution in [0.2, 0.25) is 0 Å². The van der Waals surface area contributed by atoms with Crippen LogP contribution in [0.15, 0.2) is 30.3 Å². The van der Waals surface area contributed by atoms with Crippen molar-refractivity contribution in [3.8, 4) is 11.8 Å². The van der Waals surface area contributed by atoms with Gasteiger partial charge >= 0.3 is 12.5 Å². The number of hydrogen-bond acceptors (Lipinski definition) is 6. The Hall–Kier alpha value is -3.75. The van der Waals surface area contributed by atoms with Gasteiger partial charge in [0.05, 0.1) is 11.6 Å². The Morgan fingerprint density at radius 2 is 1.91 bits per heavy atom. The lowest BCUT2D eigenvalue weighted by molar-refractivity contribution is -0.274. The lowest BCUT2D eigenvalue weighted by Crippen LogP contribution is -2.48. The number of aromatic nitrogens is 1. The molecule has 1 heterocycles. The van der Waals surface area contributed by atoms with Crippen molar-refractivity contribution < 1.29 is 32.2 Å². The second-order valence-corrected chi connectivity index (χ2v) is 7.12. The van der Waals surface area contributed by atoms with Crippen molar-refractivity contribution in [2.45, 2.75) is 44.1 Å². The van der Waals surface area contributed by atoms with Crippen LogP contribution in [0.3, 0.4) is 0 Å². The molecule has 0 radical (unpaired) electrons. The predicted octanol–water partition coefficient (Wildman–Crippen LogP) is 4.73. The van der Waals surface area contributed by atoms with E-state index in [1.807, 2.05) is 0 Å². The van der Waals surface area contributed by atoms with E-state index in [4.69, 9.17) is 5.11 Å². The minimum absolute atomic E-state index is 0.0842. The van der Waals surface area contributed by atoms with Crippen LogP contribution in [0.25, 0.3) is 0 Å². The Morgan fingerprint density at radius 1 is 1.19 bits per heavy atom. The maximum atomic E-state index is 14.6. The van der Waals surface area contributed by atoms with Crippen molar-refractivity contribution in [1.29, 1.82) is 5.26 Å². The molecular formula is C20H19F4N5O3. The van der Waals surface area contributed by atoms with Crippen molar-refractivity contribution in [3.05, 3.63) is 41.7 Å². The molecule has 2 aromatic rings. The van der Waals surface area contributed by atoms with Gasteiger partial charge in [0.2, 0.25) is 0 Å². The number of carboxylic acid groups (broad SMARTS) is 1. The summed E-state index contributed by atoms with van der Waals surface area (Å²) in [6, 6.07) is 6.74. The zero-order valence-electron chi connectivity index (χ0n) is 16.5. The largest absolute Gasteiger partial charge is 0.573 e. The molecule has 3 rings (SSSR count). The zero-order valence-corrected chi connectivity index (χ0v) is 16.5. The molecule has 170 valence electrons. The van der Waals surface area contributed by atoms with Gasteiger partial charge < -0.3 is 25.8 Å². The van der Waals surface area contributed by atoms with Crippen molar-refractivity contribution in [1.82, 2.24) is 10.3 Å². The van der Waals surface area contributed by atoms with Crippen molar-refractivity contribution in [2.24, 2.45) is 0 Å². The van der Waals surface area contributed by atoms with Crippen LogP contribution < -0.4 is 20.7 Å². The van der Waals surface area contributed by atoms with Gasteiger partial charge in [0.25, 0.3) is 0 Å². The van der Waals surface area contributed by atoms with E-state index < -0.39 is 36.1 Å². The Morgan fingerprint density at radius 3 is 2.56 bits per heavy atom. The Labute approximate surface area is 180 Å². The summed E-state index contributed by atoms with van der Waals surface area (Å²) < 4.78 is 55.8. The van der Waals surface area contributed by atoms with Gasteiger partial charge in [0.15, 0.2) is 17.5 Å². The first kappa shape index (κ1) is 22.9. The highest BCUT2D eigenvalue weighted by atomic mass is 19.4. The summed E-state index contributed by atoms with van der Waals surface area (Å²) in [5.41, 5.74) is -0.0320. The Kier molecular flexibility index (Phi) is 6.87. The molecule has 0 unspecified atom stereocenters. The summed E-state index contributed by atoms with van der Waals surface area (Å²) in [5.74, 6) is -1.59. The van der Waals surface area contributed by atoms with Crippen molar-refractivity contribution in [2.75, 3.05) is 10.6 Å². The number of ether oxygens (including phenoxy) is 1. The molecule has 1 aromatic carbocycles. The average molecular weight is 453 g/mol. The van der Waals surface area contributed by atoms with Crippen LogP contribution in [0, 0.1) is 17.1 Å². The van der Waals surface area contributed by atoms with Gasteiger partial charge in [-0.3, -0.25) is 0 Å². The number of halogens is 4. The first-order valence-corrected chi connectivity index (χ1v) is 9.64. The Bertz CT molecular complexity index is 1030. The molecule has 4 N–H and O–H groups in total. The molecule has 32 heavy (non-hydrogen) atoms. The van der Waals surface area contributed by atoms with E-state index in [1.165, 1.54) is 12.1 Å². The quantitative estimate of drug-likeness (QED) is 0.467. The lowest BCUT2D eigenvalue weighted by Gasteiger charge is -2.32. The molecular weight excluding hydrogens is 434 g/mol. The van der Waals surface area contributed by atoms with Crippen LogP contribution in [0.4, 0.5) is 39.7 Å². The van der Waals surface area contributed by atoms with Crippen LogP contribution in [-0.4, -0.2) is 34.6 Å². The summed E-state index contributed by atoms with van der Waals surface area (Å²) in [4.78, 5) is 15.1. The molecule has 1 saturated carbocycles. The maximum absolute atomic E-state index is 14.6. The third-order valence-corrected chi connectivity index (χ3v) is 4.82. The second kappa shape index (κ2) is 9.59. The highest BCUT2D eigenvalue weighted by Gasteiger charge is 2.31. The monoisotopic (exact) mass is 453 g/mol. The SMILES string of the molecule is N#Cc1cc(F)c(N[C@@H]2CCCC[C@@H]2NC(=O)O)nc1Nc1cccc(OC(F)(F)F)c1. The van der Waals surface area contributed by atoms with Gasteiger partial charge in [-0.05, 0) is 31.0 Å². The van der Waals surface area contributed by atoms with Gasteiger partial charge in [-0.25, -0.2) is 14.2 Å². The number of nitrogens with one attached hydrogen (secondary N) is 3. The number of alkyl halides is 3. The van der Waals surface area contributed by atoms with E-state index in [1.54, 1.807) is 6.07 Å². The highest BCUT2D eigenvalue weighted by Crippen LogP contribution is 2.29. The molecule has 0 bridgehead atoms. The minimum Gasteiger partial charge on any atom is -0.465 e. The zero-order chi connectivity index (χ0) is 23.3. The number of anilines is 3. The van der Waals surface area contributed by atoms with Gasteiger partial charge in [-0.1, -0.05) is 18.9 Å².